The molecule has 4 nitrogen and oxygen atoms in total. The highest BCUT2D eigenvalue weighted by Gasteiger charge is 2.07. The van der Waals surface area contributed by atoms with Crippen molar-refractivity contribution in [3.8, 4) is 0 Å². The van der Waals surface area contributed by atoms with Gasteiger partial charge in [0.2, 0.25) is 0 Å². The molecule has 1 aromatic heterocycles. The molecule has 1 aromatic carbocycles. The summed E-state index contributed by atoms with van der Waals surface area (Å²) in [5.74, 6) is 0. The molecule has 0 unspecified atom stereocenters. The van der Waals surface area contributed by atoms with Crippen LogP contribution in [-0.2, 0) is 17.8 Å². The molecule has 0 atom stereocenters. The Hall–Kier alpha value is -1.43. The molecular formula is C16H23N3OS. The third-order valence-electron chi connectivity index (χ3n) is 3.19. The van der Waals surface area contributed by atoms with Crippen LogP contribution in [0.3, 0.4) is 0 Å². The van der Waals surface area contributed by atoms with Gasteiger partial charge in [0.15, 0.2) is 5.13 Å². The molecule has 0 saturated heterocycles. The maximum Gasteiger partial charge on any atom is 0.185 e. The van der Waals surface area contributed by atoms with Gasteiger partial charge in [-0.25, -0.2) is 4.98 Å². The molecule has 0 amide bonds. The number of thiazole rings is 1. The fraction of sp³-hybridized carbons (Fsp3) is 0.438. The highest BCUT2D eigenvalue weighted by Crippen LogP contribution is 2.22. The molecule has 0 fully saturated rings. The van der Waals surface area contributed by atoms with E-state index < -0.39 is 0 Å². The predicted octanol–water partition coefficient (Wildman–Crippen LogP) is 2.82. The molecule has 0 radical (unpaired) electrons. The minimum atomic E-state index is 0.735. The van der Waals surface area contributed by atoms with E-state index in [1.807, 2.05) is 6.20 Å². The number of nitrogens with one attached hydrogen (secondary N) is 1. The van der Waals surface area contributed by atoms with Crippen LogP contribution in [0.25, 0.3) is 0 Å². The van der Waals surface area contributed by atoms with Crippen molar-refractivity contribution in [3.63, 3.8) is 0 Å². The third-order valence-corrected chi connectivity index (χ3v) is 4.30. The smallest absolute Gasteiger partial charge is 0.185 e. The minimum Gasteiger partial charge on any atom is -0.383 e. The molecular weight excluding hydrogens is 282 g/mol. The molecule has 21 heavy (non-hydrogen) atoms. The Labute approximate surface area is 130 Å². The topological polar surface area (TPSA) is 37.4 Å². The van der Waals surface area contributed by atoms with E-state index in [-0.39, 0.29) is 0 Å². The van der Waals surface area contributed by atoms with Crippen molar-refractivity contribution >= 4 is 16.5 Å². The van der Waals surface area contributed by atoms with E-state index >= 15 is 0 Å². The molecule has 5 heteroatoms. The number of benzene rings is 1. The first-order valence-corrected chi connectivity index (χ1v) is 7.91. The van der Waals surface area contributed by atoms with Gasteiger partial charge in [-0.1, -0.05) is 29.8 Å². The Balaban J connectivity index is 1.86. The molecule has 114 valence electrons. The Morgan fingerprint density at radius 3 is 2.76 bits per heavy atom. The van der Waals surface area contributed by atoms with Crippen LogP contribution in [0.15, 0.2) is 30.5 Å². The van der Waals surface area contributed by atoms with Gasteiger partial charge in [0.25, 0.3) is 0 Å². The number of hydrogen-bond acceptors (Lipinski definition) is 5. The fourth-order valence-corrected chi connectivity index (χ4v) is 2.82. The molecule has 1 N–H and O–H groups in total. The summed E-state index contributed by atoms with van der Waals surface area (Å²) in [6.45, 7) is 5.43. The number of nitrogens with zero attached hydrogens (tertiary/aromatic N) is 2. The monoisotopic (exact) mass is 305 g/mol. The second kappa shape index (κ2) is 8.12. The summed E-state index contributed by atoms with van der Waals surface area (Å²) in [5.41, 5.74) is 2.60. The van der Waals surface area contributed by atoms with Crippen LogP contribution in [0.4, 0.5) is 5.13 Å². The maximum atomic E-state index is 5.02. The van der Waals surface area contributed by atoms with Crippen molar-refractivity contribution in [2.45, 2.75) is 20.0 Å². The van der Waals surface area contributed by atoms with Crippen LogP contribution in [-0.4, -0.2) is 32.3 Å². The Morgan fingerprint density at radius 2 is 2.05 bits per heavy atom. The van der Waals surface area contributed by atoms with E-state index in [4.69, 9.17) is 4.74 Å². The molecule has 0 saturated carbocycles. The van der Waals surface area contributed by atoms with Crippen molar-refractivity contribution in [3.05, 3.63) is 46.5 Å². The average molecular weight is 305 g/mol. The zero-order chi connectivity index (χ0) is 15.1. The standard InChI is InChI=1S/C16H23N3OS/c1-13-4-6-14(7-5-13)12-19(2)16-18-11-15(21-16)10-17-8-9-20-3/h4-7,11,17H,8-10,12H2,1-3H3. The van der Waals surface area contributed by atoms with Crippen LogP contribution >= 0.6 is 11.3 Å². The highest BCUT2D eigenvalue weighted by molar-refractivity contribution is 7.15. The van der Waals surface area contributed by atoms with Crippen molar-refractivity contribution < 1.29 is 4.74 Å². The number of methoxy groups -OCH3 is 1. The van der Waals surface area contributed by atoms with Crippen LogP contribution in [0, 0.1) is 6.92 Å². The second-order valence-electron chi connectivity index (χ2n) is 5.12. The zero-order valence-corrected chi connectivity index (χ0v) is 13.7. The van der Waals surface area contributed by atoms with E-state index in [1.54, 1.807) is 18.4 Å². The summed E-state index contributed by atoms with van der Waals surface area (Å²) in [4.78, 5) is 7.94. The number of rotatable bonds is 8. The molecule has 0 aliphatic heterocycles. The van der Waals surface area contributed by atoms with Crippen molar-refractivity contribution in [1.82, 2.24) is 10.3 Å². The quantitative estimate of drug-likeness (QED) is 0.761. The van der Waals surface area contributed by atoms with Crippen LogP contribution in [0.2, 0.25) is 0 Å². The zero-order valence-electron chi connectivity index (χ0n) is 12.9. The number of ether oxygens (including phenoxy) is 1. The lowest BCUT2D eigenvalue weighted by Crippen LogP contribution is -2.17. The lowest BCUT2D eigenvalue weighted by molar-refractivity contribution is 0.199. The van der Waals surface area contributed by atoms with E-state index in [0.29, 0.717) is 0 Å². The first kappa shape index (κ1) is 15.9. The van der Waals surface area contributed by atoms with E-state index in [0.717, 1.165) is 31.4 Å². The molecule has 2 rings (SSSR count). The van der Waals surface area contributed by atoms with Crippen molar-refractivity contribution in [2.24, 2.45) is 0 Å². The van der Waals surface area contributed by atoms with Gasteiger partial charge in [-0.15, -0.1) is 11.3 Å². The van der Waals surface area contributed by atoms with Gasteiger partial charge in [0.1, 0.15) is 0 Å². The molecule has 0 aliphatic carbocycles. The van der Waals surface area contributed by atoms with Gasteiger partial charge in [-0.05, 0) is 12.5 Å². The molecule has 0 spiro atoms. The largest absolute Gasteiger partial charge is 0.383 e. The highest BCUT2D eigenvalue weighted by atomic mass is 32.1. The van der Waals surface area contributed by atoms with Gasteiger partial charge in [0.05, 0.1) is 6.61 Å². The number of hydrogen-bond donors (Lipinski definition) is 1. The lowest BCUT2D eigenvalue weighted by Gasteiger charge is -2.15. The van der Waals surface area contributed by atoms with Crippen molar-refractivity contribution in [2.75, 3.05) is 32.2 Å². The van der Waals surface area contributed by atoms with Gasteiger partial charge in [-0.3, -0.25) is 0 Å². The Morgan fingerprint density at radius 1 is 1.29 bits per heavy atom. The minimum absolute atomic E-state index is 0.735. The Bertz CT molecular complexity index is 539. The number of aryl methyl sites for hydroxylation is 1. The van der Waals surface area contributed by atoms with Crippen LogP contribution in [0.5, 0.6) is 0 Å². The summed E-state index contributed by atoms with van der Waals surface area (Å²) in [6, 6.07) is 8.64. The average Bonchev–Trinajstić information content (AvgIpc) is 2.95. The predicted molar refractivity (Wildman–Crippen MR) is 89.0 cm³/mol. The first-order chi connectivity index (χ1) is 10.2. The summed E-state index contributed by atoms with van der Waals surface area (Å²) < 4.78 is 5.02. The second-order valence-corrected chi connectivity index (χ2v) is 6.21. The van der Waals surface area contributed by atoms with Crippen molar-refractivity contribution in [1.29, 1.82) is 0 Å². The summed E-state index contributed by atoms with van der Waals surface area (Å²) in [7, 11) is 3.80. The maximum absolute atomic E-state index is 5.02. The first-order valence-electron chi connectivity index (χ1n) is 7.10. The lowest BCUT2D eigenvalue weighted by atomic mass is 10.1. The molecule has 0 aliphatic rings. The SMILES string of the molecule is COCCNCc1cnc(N(C)Cc2ccc(C)cc2)s1. The third kappa shape index (κ3) is 5.12. The molecule has 2 aromatic rings. The van der Waals surface area contributed by atoms with E-state index in [2.05, 4.69) is 53.4 Å². The fourth-order valence-electron chi connectivity index (χ4n) is 1.98. The number of anilines is 1. The van der Waals surface area contributed by atoms with E-state index in [9.17, 15) is 0 Å². The Kier molecular flexibility index (Phi) is 6.17. The van der Waals surface area contributed by atoms with Gasteiger partial charge < -0.3 is 15.0 Å². The number of aromatic nitrogens is 1. The van der Waals surface area contributed by atoms with Gasteiger partial charge >= 0.3 is 0 Å². The summed E-state index contributed by atoms with van der Waals surface area (Å²) >= 11 is 1.73. The van der Waals surface area contributed by atoms with Gasteiger partial charge in [0, 0.05) is 44.9 Å². The van der Waals surface area contributed by atoms with Crippen LogP contribution < -0.4 is 10.2 Å². The van der Waals surface area contributed by atoms with E-state index in [1.165, 1.54) is 16.0 Å². The summed E-state index contributed by atoms with van der Waals surface area (Å²) in [5, 5.41) is 4.39. The molecule has 1 heterocycles. The molecule has 0 bridgehead atoms. The van der Waals surface area contributed by atoms with Crippen LogP contribution in [0.1, 0.15) is 16.0 Å². The van der Waals surface area contributed by atoms with Gasteiger partial charge in [-0.2, -0.15) is 0 Å². The summed E-state index contributed by atoms with van der Waals surface area (Å²) in [6.07, 6.45) is 1.95. The normalized spacial score (nSPS) is 10.8.